The predicted octanol–water partition coefficient (Wildman–Crippen LogP) is 1.33. The molecule has 3 rings (SSSR count). The molecule has 2 N–H and O–H groups in total. The summed E-state index contributed by atoms with van der Waals surface area (Å²) in [6.45, 7) is 2.34. The fraction of sp³-hybridized carbons (Fsp3) is 0.250. The first-order chi connectivity index (χ1) is 10.7. The van der Waals surface area contributed by atoms with Crippen molar-refractivity contribution in [2.45, 2.75) is 6.92 Å². The zero-order valence-corrected chi connectivity index (χ0v) is 12.1. The number of aliphatic hydroxyl groups is 1. The number of amides is 2. The molecule has 0 aromatic heterocycles. The van der Waals surface area contributed by atoms with Crippen LogP contribution in [0, 0.1) is 0 Å². The fourth-order valence-electron chi connectivity index (χ4n) is 2.66. The normalized spacial score (nSPS) is 13.8. The maximum absolute atomic E-state index is 12.5. The van der Waals surface area contributed by atoms with E-state index < -0.39 is 11.8 Å². The van der Waals surface area contributed by atoms with Gasteiger partial charge in [0.15, 0.2) is 0 Å². The van der Waals surface area contributed by atoms with E-state index in [2.05, 4.69) is 5.43 Å². The third-order valence-corrected chi connectivity index (χ3v) is 3.55. The number of rotatable bonds is 5. The number of nitrogens with one attached hydrogen (secondary N) is 1. The average molecular weight is 300 g/mol. The van der Waals surface area contributed by atoms with Gasteiger partial charge in [-0.25, -0.2) is 10.4 Å². The first kappa shape index (κ1) is 14.5. The van der Waals surface area contributed by atoms with Crippen molar-refractivity contribution >= 4 is 22.6 Å². The molecule has 6 heteroatoms. The molecule has 22 heavy (non-hydrogen) atoms. The molecule has 0 saturated carbocycles. The lowest BCUT2D eigenvalue weighted by atomic mass is 9.94. The second-order valence-corrected chi connectivity index (χ2v) is 4.85. The molecular weight excluding hydrogens is 284 g/mol. The molecule has 0 fully saturated rings. The van der Waals surface area contributed by atoms with Crippen molar-refractivity contribution in [3.63, 3.8) is 0 Å². The highest BCUT2D eigenvalue weighted by Gasteiger charge is 2.33. The minimum absolute atomic E-state index is 0.125. The summed E-state index contributed by atoms with van der Waals surface area (Å²) in [7, 11) is 0. The number of hydrogen-bond acceptors (Lipinski definition) is 5. The Balaban J connectivity index is 2.19. The first-order valence-electron chi connectivity index (χ1n) is 7.10. The lowest BCUT2D eigenvalue weighted by molar-refractivity contribution is 0.0509. The Bertz CT molecular complexity index is 735. The van der Waals surface area contributed by atoms with E-state index in [-0.39, 0.29) is 13.2 Å². The summed E-state index contributed by atoms with van der Waals surface area (Å²) in [5.41, 5.74) is 3.53. The van der Waals surface area contributed by atoms with Gasteiger partial charge in [-0.2, -0.15) is 0 Å². The number of aliphatic hydroxyl groups excluding tert-OH is 1. The lowest BCUT2D eigenvalue weighted by Crippen LogP contribution is -2.50. The lowest BCUT2D eigenvalue weighted by Gasteiger charge is -2.27. The summed E-state index contributed by atoms with van der Waals surface area (Å²) >= 11 is 0. The number of hydrazine groups is 1. The van der Waals surface area contributed by atoms with Crippen LogP contribution in [0.2, 0.25) is 0 Å². The molecule has 2 amide bonds. The van der Waals surface area contributed by atoms with Gasteiger partial charge in [0.1, 0.15) is 5.75 Å². The Morgan fingerprint density at radius 2 is 1.86 bits per heavy atom. The molecule has 0 saturated heterocycles. The average Bonchev–Trinajstić information content (AvgIpc) is 2.53. The van der Waals surface area contributed by atoms with Crippen molar-refractivity contribution in [2.24, 2.45) is 0 Å². The number of carbonyl (C=O) groups excluding carboxylic acids is 2. The van der Waals surface area contributed by atoms with Gasteiger partial charge in [-0.1, -0.05) is 12.1 Å². The first-order valence-corrected chi connectivity index (χ1v) is 7.10. The number of hydrogen-bond donors (Lipinski definition) is 2. The monoisotopic (exact) mass is 300 g/mol. The van der Waals surface area contributed by atoms with Crippen LogP contribution in [0.1, 0.15) is 27.6 Å². The van der Waals surface area contributed by atoms with Gasteiger partial charge in [0.25, 0.3) is 11.8 Å². The molecule has 0 unspecified atom stereocenters. The van der Waals surface area contributed by atoms with Crippen molar-refractivity contribution in [2.75, 3.05) is 19.8 Å². The van der Waals surface area contributed by atoms with E-state index in [0.717, 1.165) is 10.4 Å². The summed E-state index contributed by atoms with van der Waals surface area (Å²) in [6, 6.07) is 8.69. The topological polar surface area (TPSA) is 78.9 Å². The second kappa shape index (κ2) is 5.75. The Morgan fingerprint density at radius 1 is 1.14 bits per heavy atom. The smallest absolute Gasteiger partial charge is 0.275 e. The van der Waals surface area contributed by atoms with Crippen molar-refractivity contribution in [3.8, 4) is 5.75 Å². The maximum atomic E-state index is 12.5. The largest absolute Gasteiger partial charge is 0.493 e. The molecule has 6 nitrogen and oxygen atoms in total. The van der Waals surface area contributed by atoms with Crippen molar-refractivity contribution in [1.29, 1.82) is 0 Å². The van der Waals surface area contributed by atoms with Crippen LogP contribution in [-0.2, 0) is 0 Å². The third-order valence-electron chi connectivity index (χ3n) is 3.55. The minimum Gasteiger partial charge on any atom is -0.493 e. The molecule has 2 aromatic carbocycles. The number of carbonyl (C=O) groups is 2. The van der Waals surface area contributed by atoms with Gasteiger partial charge in [-0.05, 0) is 25.1 Å². The van der Waals surface area contributed by atoms with E-state index in [1.54, 1.807) is 24.3 Å². The summed E-state index contributed by atoms with van der Waals surface area (Å²) in [4.78, 5) is 25.0. The molecule has 0 aliphatic carbocycles. The highest BCUT2D eigenvalue weighted by molar-refractivity contribution is 6.25. The van der Waals surface area contributed by atoms with Gasteiger partial charge in [-0.3, -0.25) is 9.59 Å². The van der Waals surface area contributed by atoms with E-state index in [0.29, 0.717) is 28.9 Å². The fourth-order valence-corrected chi connectivity index (χ4v) is 2.66. The Hall–Kier alpha value is -2.44. The van der Waals surface area contributed by atoms with E-state index in [1.807, 2.05) is 13.0 Å². The molecule has 0 radical (unpaired) electrons. The molecule has 2 aromatic rings. The van der Waals surface area contributed by atoms with Gasteiger partial charge >= 0.3 is 0 Å². The molecule has 114 valence electrons. The highest BCUT2D eigenvalue weighted by Crippen LogP contribution is 2.34. The zero-order valence-electron chi connectivity index (χ0n) is 12.1. The minimum atomic E-state index is -0.426. The van der Waals surface area contributed by atoms with E-state index in [1.165, 1.54) is 0 Å². The number of nitrogens with zero attached hydrogens (tertiary/aromatic N) is 1. The quantitative estimate of drug-likeness (QED) is 0.815. The van der Waals surface area contributed by atoms with Crippen molar-refractivity contribution in [1.82, 2.24) is 10.4 Å². The SMILES string of the molecule is CCOc1ccc2c3c(cccc13)C(=O)N(NCCO)C2=O. The molecule has 1 heterocycles. The van der Waals surface area contributed by atoms with Gasteiger partial charge in [0, 0.05) is 17.3 Å². The van der Waals surface area contributed by atoms with Crippen LogP contribution in [0.4, 0.5) is 0 Å². The van der Waals surface area contributed by atoms with Crippen LogP contribution < -0.4 is 10.2 Å². The molecule has 1 aliphatic heterocycles. The van der Waals surface area contributed by atoms with Crippen LogP contribution in [0.5, 0.6) is 5.75 Å². The summed E-state index contributed by atoms with van der Waals surface area (Å²) in [5.74, 6) is -0.198. The van der Waals surface area contributed by atoms with Crippen molar-refractivity contribution < 1.29 is 19.4 Å². The molecule has 0 bridgehead atoms. The number of imide groups is 1. The van der Waals surface area contributed by atoms with Crippen LogP contribution in [0.3, 0.4) is 0 Å². The molecule has 0 spiro atoms. The maximum Gasteiger partial charge on any atom is 0.275 e. The molecule has 1 aliphatic rings. The summed E-state index contributed by atoms with van der Waals surface area (Å²) in [6.07, 6.45) is 0. The van der Waals surface area contributed by atoms with E-state index in [4.69, 9.17) is 9.84 Å². The Labute approximate surface area is 127 Å². The van der Waals surface area contributed by atoms with Gasteiger partial charge in [0.05, 0.1) is 24.3 Å². The van der Waals surface area contributed by atoms with Crippen LogP contribution in [-0.4, -0.2) is 41.7 Å². The van der Waals surface area contributed by atoms with E-state index in [9.17, 15) is 9.59 Å². The number of benzene rings is 2. The highest BCUT2D eigenvalue weighted by atomic mass is 16.5. The standard InChI is InChI=1S/C16H16N2O4/c1-2-22-13-7-6-12-14-10(13)4-3-5-11(14)15(20)18(16(12)21)17-8-9-19/h3-7,17,19H,2,8-9H2,1H3. The number of ether oxygens (including phenoxy) is 1. The van der Waals surface area contributed by atoms with E-state index >= 15 is 0 Å². The molecular formula is C16H16N2O4. The van der Waals surface area contributed by atoms with Gasteiger partial charge in [0.2, 0.25) is 0 Å². The van der Waals surface area contributed by atoms with Gasteiger partial charge in [-0.15, -0.1) is 0 Å². The molecule has 0 atom stereocenters. The Morgan fingerprint density at radius 3 is 2.55 bits per heavy atom. The second-order valence-electron chi connectivity index (χ2n) is 4.85. The van der Waals surface area contributed by atoms with Crippen molar-refractivity contribution in [3.05, 3.63) is 41.5 Å². The van der Waals surface area contributed by atoms with Crippen LogP contribution in [0.25, 0.3) is 10.8 Å². The zero-order chi connectivity index (χ0) is 15.7. The predicted molar refractivity (Wildman–Crippen MR) is 80.7 cm³/mol. The summed E-state index contributed by atoms with van der Waals surface area (Å²) < 4.78 is 5.58. The van der Waals surface area contributed by atoms with Crippen LogP contribution >= 0.6 is 0 Å². The van der Waals surface area contributed by atoms with Gasteiger partial charge < -0.3 is 9.84 Å². The third kappa shape index (κ3) is 2.13. The summed E-state index contributed by atoms with van der Waals surface area (Å²) in [5, 5.41) is 11.2. The Kier molecular flexibility index (Phi) is 3.79. The van der Waals surface area contributed by atoms with Crippen LogP contribution in [0.15, 0.2) is 30.3 Å².